The molecule has 40 heavy (non-hydrogen) atoms. The van der Waals surface area contributed by atoms with Gasteiger partial charge in [-0.25, -0.2) is 9.18 Å². The second kappa shape index (κ2) is 12.6. The number of benzene rings is 4. The number of amides is 2. The lowest BCUT2D eigenvalue weighted by atomic mass is 10.1. The minimum atomic E-state index is -0.516. The van der Waals surface area contributed by atoms with Crippen molar-refractivity contribution in [1.82, 2.24) is 20.1 Å². The molecular formula is C32H30FN5OS. The number of hydrogen-bond acceptors (Lipinski definition) is 4. The molecule has 202 valence electrons. The maximum absolute atomic E-state index is 13.7. The highest BCUT2D eigenvalue weighted by Gasteiger charge is 2.25. The number of nitrogens with zero attached hydrogens (tertiary/aromatic N) is 3. The number of thioether (sulfide) groups is 1. The van der Waals surface area contributed by atoms with Crippen LogP contribution in [0.1, 0.15) is 34.1 Å². The second-order valence-corrected chi connectivity index (χ2v) is 10.6. The molecule has 2 amide bonds. The van der Waals surface area contributed by atoms with Gasteiger partial charge in [-0.3, -0.25) is 4.57 Å². The summed E-state index contributed by atoms with van der Waals surface area (Å²) in [4.78, 5) is 13.1. The van der Waals surface area contributed by atoms with Crippen molar-refractivity contribution >= 4 is 23.5 Å². The first-order chi connectivity index (χ1) is 19.4. The van der Waals surface area contributed by atoms with E-state index in [4.69, 9.17) is 0 Å². The van der Waals surface area contributed by atoms with E-state index in [2.05, 4.69) is 52.0 Å². The molecule has 0 fully saturated rings. The van der Waals surface area contributed by atoms with E-state index in [1.165, 1.54) is 23.3 Å². The summed E-state index contributed by atoms with van der Waals surface area (Å²) < 4.78 is 15.7. The first kappa shape index (κ1) is 27.1. The highest BCUT2D eigenvalue weighted by atomic mass is 32.2. The van der Waals surface area contributed by atoms with Gasteiger partial charge in [0, 0.05) is 23.5 Å². The van der Waals surface area contributed by atoms with Crippen molar-refractivity contribution in [2.45, 2.75) is 37.2 Å². The van der Waals surface area contributed by atoms with Crippen LogP contribution < -0.4 is 10.6 Å². The molecule has 4 aromatic carbocycles. The number of urea groups is 1. The predicted molar refractivity (Wildman–Crippen MR) is 158 cm³/mol. The maximum atomic E-state index is 13.7. The standard InChI is InChI=1S/C32H30FN5OS/c1-22-14-16-28(17-15-22)38-30(36-37-32(38)40-21-25-11-6-8-23(2)18-25)29(19-24-9-4-3-5-10-24)35-31(39)34-27-13-7-12-26(33)20-27/h3-18,20,29H,19,21H2,1-2H3,(H2,34,35,39). The van der Waals surface area contributed by atoms with E-state index in [0.29, 0.717) is 17.9 Å². The molecule has 1 unspecified atom stereocenters. The van der Waals surface area contributed by atoms with Gasteiger partial charge in [-0.2, -0.15) is 0 Å². The maximum Gasteiger partial charge on any atom is 0.319 e. The van der Waals surface area contributed by atoms with Crippen molar-refractivity contribution in [1.29, 1.82) is 0 Å². The van der Waals surface area contributed by atoms with Gasteiger partial charge in [0.25, 0.3) is 0 Å². The second-order valence-electron chi connectivity index (χ2n) is 9.64. The molecule has 0 aliphatic rings. The first-order valence-corrected chi connectivity index (χ1v) is 14.0. The topological polar surface area (TPSA) is 71.8 Å². The molecule has 1 heterocycles. The van der Waals surface area contributed by atoms with Crippen LogP contribution >= 0.6 is 11.8 Å². The molecule has 1 aromatic heterocycles. The third-order valence-corrected chi connectivity index (χ3v) is 7.38. The Labute approximate surface area is 237 Å². The molecule has 0 spiro atoms. The van der Waals surface area contributed by atoms with Gasteiger partial charge < -0.3 is 10.6 Å². The molecule has 5 rings (SSSR count). The molecule has 0 aliphatic carbocycles. The Morgan fingerprint density at radius 2 is 1.60 bits per heavy atom. The van der Waals surface area contributed by atoms with Gasteiger partial charge in [0.2, 0.25) is 0 Å². The quantitative estimate of drug-likeness (QED) is 0.187. The van der Waals surface area contributed by atoms with Crippen LogP contribution in [0.5, 0.6) is 0 Å². The average Bonchev–Trinajstić information content (AvgIpc) is 3.36. The fourth-order valence-electron chi connectivity index (χ4n) is 4.44. The van der Waals surface area contributed by atoms with Crippen molar-refractivity contribution in [3.63, 3.8) is 0 Å². The van der Waals surface area contributed by atoms with Crippen LogP contribution in [0.2, 0.25) is 0 Å². The van der Waals surface area contributed by atoms with Gasteiger partial charge in [0.15, 0.2) is 11.0 Å². The summed E-state index contributed by atoms with van der Waals surface area (Å²) in [6, 6.07) is 31.3. The average molecular weight is 552 g/mol. The lowest BCUT2D eigenvalue weighted by Crippen LogP contribution is -2.35. The van der Waals surface area contributed by atoms with E-state index in [1.807, 2.05) is 66.1 Å². The Balaban J connectivity index is 1.50. The summed E-state index contributed by atoms with van der Waals surface area (Å²) in [5.41, 5.74) is 5.84. The number of anilines is 1. The fraction of sp³-hybridized carbons (Fsp3) is 0.156. The van der Waals surface area contributed by atoms with E-state index in [1.54, 1.807) is 23.9 Å². The molecule has 1 atom stereocenters. The van der Waals surface area contributed by atoms with Crippen molar-refractivity contribution in [3.8, 4) is 5.69 Å². The number of carbonyl (C=O) groups is 1. The summed E-state index contributed by atoms with van der Waals surface area (Å²) >= 11 is 1.59. The highest BCUT2D eigenvalue weighted by Crippen LogP contribution is 2.29. The van der Waals surface area contributed by atoms with Crippen LogP contribution in [0.25, 0.3) is 5.69 Å². The zero-order valence-corrected chi connectivity index (χ0v) is 23.2. The molecule has 0 aliphatic heterocycles. The Bertz CT molecular complexity index is 1590. The van der Waals surface area contributed by atoms with Gasteiger partial charge in [-0.15, -0.1) is 10.2 Å². The number of nitrogens with one attached hydrogen (secondary N) is 2. The molecule has 2 N–H and O–H groups in total. The number of rotatable bonds is 9. The SMILES string of the molecule is Cc1ccc(-n2c(SCc3cccc(C)c3)nnc2C(Cc2ccccc2)NC(=O)Nc2cccc(F)c2)cc1. The lowest BCUT2D eigenvalue weighted by molar-refractivity contribution is 0.247. The number of aryl methyl sites for hydroxylation is 2. The number of hydrogen-bond donors (Lipinski definition) is 2. The summed E-state index contributed by atoms with van der Waals surface area (Å²) in [5, 5.41) is 15.7. The van der Waals surface area contributed by atoms with Gasteiger partial charge in [-0.1, -0.05) is 95.7 Å². The Kier molecular flexibility index (Phi) is 8.56. The van der Waals surface area contributed by atoms with Crippen LogP contribution in [0.3, 0.4) is 0 Å². The lowest BCUT2D eigenvalue weighted by Gasteiger charge is -2.21. The molecular weight excluding hydrogens is 521 g/mol. The number of halogens is 1. The monoisotopic (exact) mass is 551 g/mol. The normalized spacial score (nSPS) is 11.7. The van der Waals surface area contributed by atoms with Crippen molar-refractivity contribution in [2.24, 2.45) is 0 Å². The van der Waals surface area contributed by atoms with Gasteiger partial charge >= 0.3 is 6.03 Å². The molecule has 8 heteroatoms. The van der Waals surface area contributed by atoms with Crippen LogP contribution in [0.4, 0.5) is 14.9 Å². The van der Waals surface area contributed by atoms with Gasteiger partial charge in [-0.05, 0) is 55.3 Å². The van der Waals surface area contributed by atoms with Crippen molar-refractivity contribution < 1.29 is 9.18 Å². The van der Waals surface area contributed by atoms with Crippen LogP contribution in [-0.2, 0) is 12.2 Å². The summed E-state index contributed by atoms with van der Waals surface area (Å²) in [7, 11) is 0. The molecule has 6 nitrogen and oxygen atoms in total. The molecule has 0 radical (unpaired) electrons. The zero-order valence-electron chi connectivity index (χ0n) is 22.3. The Morgan fingerprint density at radius 1 is 0.850 bits per heavy atom. The van der Waals surface area contributed by atoms with Crippen LogP contribution in [-0.4, -0.2) is 20.8 Å². The third-order valence-electron chi connectivity index (χ3n) is 6.38. The zero-order chi connectivity index (χ0) is 27.9. The summed E-state index contributed by atoms with van der Waals surface area (Å²) in [6.45, 7) is 4.12. The van der Waals surface area contributed by atoms with E-state index in [-0.39, 0.29) is 0 Å². The molecule has 0 bridgehead atoms. The number of carbonyl (C=O) groups excluding carboxylic acids is 1. The Hall–Kier alpha value is -4.43. The van der Waals surface area contributed by atoms with Gasteiger partial charge in [0.05, 0.1) is 6.04 Å². The smallest absolute Gasteiger partial charge is 0.319 e. The number of aromatic nitrogens is 3. The van der Waals surface area contributed by atoms with Crippen LogP contribution in [0, 0.1) is 19.7 Å². The third kappa shape index (κ3) is 6.95. The minimum absolute atomic E-state index is 0.366. The van der Waals surface area contributed by atoms with E-state index in [9.17, 15) is 9.18 Å². The van der Waals surface area contributed by atoms with Crippen molar-refractivity contribution in [2.75, 3.05) is 5.32 Å². The van der Waals surface area contributed by atoms with Crippen LogP contribution in [0.15, 0.2) is 108 Å². The fourth-order valence-corrected chi connectivity index (χ4v) is 5.34. The first-order valence-electron chi connectivity index (χ1n) is 13.0. The van der Waals surface area contributed by atoms with Gasteiger partial charge in [0.1, 0.15) is 5.82 Å². The van der Waals surface area contributed by atoms with Crippen molar-refractivity contribution in [3.05, 3.63) is 137 Å². The van der Waals surface area contributed by atoms with E-state index < -0.39 is 17.9 Å². The van der Waals surface area contributed by atoms with E-state index >= 15 is 0 Å². The minimum Gasteiger partial charge on any atom is -0.327 e. The summed E-state index contributed by atoms with van der Waals surface area (Å²) in [5.74, 6) is 0.907. The molecule has 0 saturated carbocycles. The largest absolute Gasteiger partial charge is 0.327 e. The molecule has 5 aromatic rings. The Morgan fingerprint density at radius 3 is 2.35 bits per heavy atom. The highest BCUT2D eigenvalue weighted by molar-refractivity contribution is 7.98. The summed E-state index contributed by atoms with van der Waals surface area (Å²) in [6.07, 6.45) is 0.490. The molecule has 0 saturated heterocycles. The predicted octanol–water partition coefficient (Wildman–Crippen LogP) is 7.42. The van der Waals surface area contributed by atoms with E-state index in [0.717, 1.165) is 27.7 Å².